The number of hydrogen-bond acceptors (Lipinski definition) is 13. The maximum absolute atomic E-state index is 12.0. The maximum Gasteiger partial charge on any atom is 0.397 e. The molecule has 0 aliphatic carbocycles. The molecule has 18 nitrogen and oxygen atoms in total. The third-order valence-electron chi connectivity index (χ3n) is 12.9. The van der Waals surface area contributed by atoms with Gasteiger partial charge in [0.25, 0.3) is 0 Å². The van der Waals surface area contributed by atoms with E-state index in [-0.39, 0.29) is 0 Å². The van der Waals surface area contributed by atoms with Gasteiger partial charge in [-0.3, -0.25) is 23.0 Å². The quantitative estimate of drug-likeness (QED) is 0.0279. The summed E-state index contributed by atoms with van der Waals surface area (Å²) in [6, 6.07) is 0. The number of aliphatic carboxylic acids is 1. The maximum atomic E-state index is 12.0. The van der Waals surface area contributed by atoms with Gasteiger partial charge in [0.05, 0.1) is 30.3 Å². The van der Waals surface area contributed by atoms with Gasteiger partial charge in [0.2, 0.25) is 0 Å². The predicted molar refractivity (Wildman–Crippen MR) is 273 cm³/mol. The number of rotatable bonds is 53. The van der Waals surface area contributed by atoms with E-state index in [9.17, 15) is 52.7 Å². The highest BCUT2D eigenvalue weighted by atomic mass is 32.3. The van der Waals surface area contributed by atoms with Crippen molar-refractivity contribution in [1.82, 2.24) is 0 Å². The zero-order valence-corrected chi connectivity index (χ0v) is 46.1. The van der Waals surface area contributed by atoms with E-state index in [1.807, 2.05) is 0 Å². The first kappa shape index (κ1) is 69.0. The van der Waals surface area contributed by atoms with E-state index in [4.69, 9.17) is 25.8 Å². The molecule has 0 aliphatic rings. The molecular formula is C48H96O18S4. The van der Waals surface area contributed by atoms with Gasteiger partial charge in [-0.2, -0.15) is 33.7 Å². The first-order valence-electron chi connectivity index (χ1n) is 26.9. The molecule has 0 radical (unpaired) electrons. The second kappa shape index (κ2) is 42.2. The van der Waals surface area contributed by atoms with Crippen LogP contribution in [-0.2, 0) is 63.1 Å². The zero-order valence-electron chi connectivity index (χ0n) is 42.8. The molecule has 0 aromatic carbocycles. The fourth-order valence-electron chi connectivity index (χ4n) is 9.13. The Balaban J connectivity index is 4.38. The Kier molecular flexibility index (Phi) is 41.6. The minimum absolute atomic E-state index is 0.419. The lowest BCUT2D eigenvalue weighted by molar-refractivity contribution is -0.142. The molecular weight excluding hydrogens is 993 g/mol. The van der Waals surface area contributed by atoms with Gasteiger partial charge in [-0.1, -0.05) is 206 Å². The Labute approximate surface area is 425 Å². The molecule has 70 heavy (non-hydrogen) atoms. The summed E-state index contributed by atoms with van der Waals surface area (Å²) in [5, 5.41) is 9.82. The van der Waals surface area contributed by atoms with E-state index in [1.54, 1.807) is 0 Å². The topological polar surface area (TPSA) is 292 Å². The molecule has 5 atom stereocenters. The molecule has 0 aliphatic heterocycles. The highest BCUT2D eigenvalue weighted by Crippen LogP contribution is 2.24. The molecule has 22 heteroatoms. The third-order valence-corrected chi connectivity index (χ3v) is 15.0. The van der Waals surface area contributed by atoms with Crippen molar-refractivity contribution >= 4 is 47.6 Å². The summed E-state index contributed by atoms with van der Waals surface area (Å²) in [6.07, 6.45) is 29.0. The minimum Gasteiger partial charge on any atom is -0.481 e. The normalized spacial score (nSPS) is 14.9. The fraction of sp³-hybridized carbons (Fsp3) is 0.979. The van der Waals surface area contributed by atoms with Crippen LogP contribution in [0.4, 0.5) is 0 Å². The van der Waals surface area contributed by atoms with Crippen LogP contribution in [0.15, 0.2) is 0 Å². The van der Waals surface area contributed by atoms with E-state index in [1.165, 1.54) is 0 Å². The molecule has 0 rings (SSSR count). The summed E-state index contributed by atoms with van der Waals surface area (Å²) in [7, 11) is -18.2. The number of carboxylic acid groups (broad SMARTS) is 1. The van der Waals surface area contributed by atoms with Crippen LogP contribution in [0.25, 0.3) is 0 Å². The Hall–Kier alpha value is -1.05. The van der Waals surface area contributed by atoms with Crippen molar-refractivity contribution in [3.63, 3.8) is 0 Å². The zero-order chi connectivity index (χ0) is 52.6. The Morgan fingerprint density at radius 3 is 0.629 bits per heavy atom. The average molecular weight is 1090 g/mol. The lowest BCUT2D eigenvalue weighted by Gasteiger charge is -2.16. The molecule has 0 heterocycles. The molecule has 0 bridgehead atoms. The van der Waals surface area contributed by atoms with Crippen LogP contribution in [0, 0.1) is 5.92 Å². The molecule has 0 amide bonds. The SMILES string of the molecule is CCCCCCC(CCCCCCCCCC(CCCCCCCC(CCCCCC(CCCCCCCCCC(CCCCCC)OS(=O)(=O)O)OS(=O)(=O)O)C(=O)O)OS(=O)(=O)O)OS(=O)(=O)O. The molecule has 0 saturated heterocycles. The summed E-state index contributed by atoms with van der Waals surface area (Å²) < 4.78 is 148. The molecule has 0 aromatic rings. The monoisotopic (exact) mass is 1090 g/mol. The van der Waals surface area contributed by atoms with Gasteiger partial charge in [-0.15, -0.1) is 0 Å². The average Bonchev–Trinajstić information content (AvgIpc) is 3.24. The fourth-order valence-corrected chi connectivity index (χ4v) is 11.3. The molecule has 0 fully saturated rings. The first-order chi connectivity index (χ1) is 33.0. The number of carboxylic acids is 1. The van der Waals surface area contributed by atoms with Crippen LogP contribution in [0.1, 0.15) is 271 Å². The van der Waals surface area contributed by atoms with E-state index in [2.05, 4.69) is 13.8 Å². The van der Waals surface area contributed by atoms with E-state index in [0.29, 0.717) is 89.9 Å². The predicted octanol–water partition coefficient (Wildman–Crippen LogP) is 13.1. The summed E-state index contributed by atoms with van der Waals surface area (Å²) >= 11 is 0. The lowest BCUT2D eigenvalue weighted by Crippen LogP contribution is -2.18. The van der Waals surface area contributed by atoms with Gasteiger partial charge in [0.15, 0.2) is 0 Å². The van der Waals surface area contributed by atoms with Crippen LogP contribution < -0.4 is 0 Å². The van der Waals surface area contributed by atoms with Gasteiger partial charge >= 0.3 is 47.6 Å². The van der Waals surface area contributed by atoms with Crippen molar-refractivity contribution < 1.29 is 78.5 Å². The third kappa shape index (κ3) is 49.2. The smallest absolute Gasteiger partial charge is 0.397 e. The highest BCUT2D eigenvalue weighted by Gasteiger charge is 2.21. The second-order valence-electron chi connectivity index (χ2n) is 19.4. The largest absolute Gasteiger partial charge is 0.481 e. The number of unbranched alkanes of at least 4 members (excludes halogenated alkanes) is 24. The summed E-state index contributed by atoms with van der Waals surface area (Å²) in [6.45, 7) is 4.19. The van der Waals surface area contributed by atoms with E-state index >= 15 is 0 Å². The Morgan fingerprint density at radius 1 is 0.300 bits per heavy atom. The van der Waals surface area contributed by atoms with Crippen molar-refractivity contribution in [1.29, 1.82) is 0 Å². The molecule has 5 unspecified atom stereocenters. The van der Waals surface area contributed by atoms with Crippen molar-refractivity contribution in [2.75, 3.05) is 0 Å². The number of carbonyl (C=O) groups is 1. The van der Waals surface area contributed by atoms with Crippen LogP contribution in [0.5, 0.6) is 0 Å². The molecule has 5 N–H and O–H groups in total. The summed E-state index contributed by atoms with van der Waals surface area (Å²) in [5.74, 6) is -1.35. The van der Waals surface area contributed by atoms with Crippen molar-refractivity contribution in [3.8, 4) is 0 Å². The van der Waals surface area contributed by atoms with Gasteiger partial charge < -0.3 is 5.11 Å². The van der Waals surface area contributed by atoms with Crippen LogP contribution in [-0.4, -0.2) is 87.4 Å². The molecule has 420 valence electrons. The van der Waals surface area contributed by atoms with Crippen molar-refractivity contribution in [2.24, 2.45) is 5.92 Å². The first-order valence-corrected chi connectivity index (χ1v) is 32.3. The van der Waals surface area contributed by atoms with E-state index in [0.717, 1.165) is 167 Å². The summed E-state index contributed by atoms with van der Waals surface area (Å²) in [4.78, 5) is 12.0. The van der Waals surface area contributed by atoms with Gasteiger partial charge in [-0.25, -0.2) is 16.7 Å². The standard InChI is InChI=1S/C48H96O18S4/c1-3-5-7-25-35-44(63-67(51,52)53)37-27-17-11-9-13-19-29-39-46(65-69(57,58)59)41-31-21-15-16-23-33-43(48(49)50)34-24-22-32-42-47(66-70(60,61)62)40-30-20-14-10-12-18-28-38-45(64-68(54,55)56)36-26-8-6-4-2/h43-47H,3-42H2,1-2H3,(H,49,50)(H,51,52,53)(H,54,55,56)(H,57,58,59)(H,60,61,62). The van der Waals surface area contributed by atoms with Gasteiger partial charge in [0.1, 0.15) is 0 Å². The molecule has 0 spiro atoms. The lowest BCUT2D eigenvalue weighted by atomic mass is 9.94. The minimum atomic E-state index is -4.62. The van der Waals surface area contributed by atoms with Gasteiger partial charge in [-0.05, 0) is 64.2 Å². The highest BCUT2D eigenvalue weighted by molar-refractivity contribution is 7.81. The summed E-state index contributed by atoms with van der Waals surface area (Å²) in [5.41, 5.74) is 0. The second-order valence-corrected chi connectivity index (χ2v) is 23.6. The molecule has 0 saturated carbocycles. The Bertz CT molecular complexity index is 1710. The van der Waals surface area contributed by atoms with Crippen molar-refractivity contribution in [3.05, 3.63) is 0 Å². The van der Waals surface area contributed by atoms with Crippen LogP contribution in [0.2, 0.25) is 0 Å². The van der Waals surface area contributed by atoms with E-state index < -0.39 is 77.9 Å². The number of hydrogen-bond donors (Lipinski definition) is 5. The van der Waals surface area contributed by atoms with Crippen LogP contribution >= 0.6 is 0 Å². The van der Waals surface area contributed by atoms with Crippen LogP contribution in [0.3, 0.4) is 0 Å². The van der Waals surface area contributed by atoms with Gasteiger partial charge in [0, 0.05) is 0 Å². The Morgan fingerprint density at radius 2 is 0.457 bits per heavy atom. The molecule has 0 aromatic heterocycles. The van der Waals surface area contributed by atoms with Crippen molar-refractivity contribution in [2.45, 2.75) is 295 Å².